The summed E-state index contributed by atoms with van der Waals surface area (Å²) in [7, 11) is 0. The lowest BCUT2D eigenvalue weighted by Crippen LogP contribution is -2.32. The number of anilines is 1. The van der Waals surface area contributed by atoms with Gasteiger partial charge in [0.15, 0.2) is 5.65 Å². The molecule has 0 radical (unpaired) electrons. The van der Waals surface area contributed by atoms with Gasteiger partial charge in [0.2, 0.25) is 0 Å². The fourth-order valence-electron chi connectivity index (χ4n) is 4.21. The molecule has 1 aliphatic rings. The second-order valence-electron chi connectivity index (χ2n) is 7.96. The third-order valence-corrected chi connectivity index (χ3v) is 5.88. The van der Waals surface area contributed by atoms with Crippen molar-refractivity contribution in [1.82, 2.24) is 20.1 Å². The quantitative estimate of drug-likeness (QED) is 0.539. The van der Waals surface area contributed by atoms with E-state index in [1.807, 2.05) is 37.3 Å². The van der Waals surface area contributed by atoms with Crippen LogP contribution in [0.3, 0.4) is 0 Å². The van der Waals surface area contributed by atoms with Crippen LogP contribution in [0.5, 0.6) is 0 Å². The molecule has 2 unspecified atom stereocenters. The molecule has 3 aromatic rings. The van der Waals surface area contributed by atoms with Gasteiger partial charge in [0, 0.05) is 25.3 Å². The van der Waals surface area contributed by atoms with Crippen molar-refractivity contribution in [2.45, 2.75) is 51.7 Å². The number of nitrogens with zero attached hydrogens (tertiary/aromatic N) is 3. The number of benzene rings is 1. The normalized spacial score (nSPS) is 18.6. The van der Waals surface area contributed by atoms with Gasteiger partial charge in [0.05, 0.1) is 28.8 Å². The van der Waals surface area contributed by atoms with Crippen LogP contribution < -0.4 is 10.6 Å². The Balaban J connectivity index is 1.63. The largest absolute Gasteiger partial charge is 0.481 e. The van der Waals surface area contributed by atoms with E-state index in [0.29, 0.717) is 42.8 Å². The van der Waals surface area contributed by atoms with Crippen LogP contribution in [0.25, 0.3) is 11.0 Å². The molecule has 1 amide bonds. The highest BCUT2D eigenvalue weighted by Gasteiger charge is 2.28. The molecule has 1 saturated carbocycles. The van der Waals surface area contributed by atoms with Crippen molar-refractivity contribution < 1.29 is 14.7 Å². The Kier molecular flexibility index (Phi) is 6.16. The number of pyridine rings is 1. The fraction of sp³-hybridized carbons (Fsp3) is 0.391. The molecule has 1 aromatic carbocycles. The lowest BCUT2D eigenvalue weighted by molar-refractivity contribution is -0.142. The average Bonchev–Trinajstić information content (AvgIpc) is 3.22. The second kappa shape index (κ2) is 9.16. The van der Waals surface area contributed by atoms with Gasteiger partial charge in [0.1, 0.15) is 0 Å². The number of rotatable bonds is 7. The Labute approximate surface area is 180 Å². The van der Waals surface area contributed by atoms with Crippen molar-refractivity contribution in [2.24, 2.45) is 5.92 Å². The first kappa shape index (κ1) is 20.8. The molecule has 8 heteroatoms. The Morgan fingerprint density at radius 2 is 2.00 bits per heavy atom. The smallest absolute Gasteiger partial charge is 0.306 e. The van der Waals surface area contributed by atoms with Crippen molar-refractivity contribution >= 4 is 28.6 Å². The number of carboxylic acids is 1. The summed E-state index contributed by atoms with van der Waals surface area (Å²) in [6.07, 6.45) is 6.23. The predicted molar refractivity (Wildman–Crippen MR) is 118 cm³/mol. The molecule has 2 heterocycles. The number of aliphatic carboxylic acids is 1. The minimum Gasteiger partial charge on any atom is -0.481 e. The summed E-state index contributed by atoms with van der Waals surface area (Å²) in [5.41, 5.74) is 2.83. The lowest BCUT2D eigenvalue weighted by Gasteiger charge is -2.29. The minimum atomic E-state index is -0.758. The van der Waals surface area contributed by atoms with Gasteiger partial charge in [-0.15, -0.1) is 0 Å². The zero-order valence-corrected chi connectivity index (χ0v) is 17.5. The number of hydrogen-bond donors (Lipinski definition) is 3. The monoisotopic (exact) mass is 421 g/mol. The summed E-state index contributed by atoms with van der Waals surface area (Å²) in [6, 6.07) is 9.70. The lowest BCUT2D eigenvalue weighted by atomic mass is 9.85. The zero-order chi connectivity index (χ0) is 21.8. The van der Waals surface area contributed by atoms with Crippen molar-refractivity contribution in [1.29, 1.82) is 0 Å². The number of aryl methyl sites for hydroxylation is 1. The van der Waals surface area contributed by atoms with Gasteiger partial charge in [-0.05, 0) is 31.7 Å². The maximum Gasteiger partial charge on any atom is 0.306 e. The first-order valence-corrected chi connectivity index (χ1v) is 10.7. The number of carboxylic acid groups (broad SMARTS) is 1. The molecule has 3 N–H and O–H groups in total. The van der Waals surface area contributed by atoms with Crippen LogP contribution in [0, 0.1) is 5.92 Å². The molecule has 0 bridgehead atoms. The van der Waals surface area contributed by atoms with Gasteiger partial charge in [-0.1, -0.05) is 36.8 Å². The summed E-state index contributed by atoms with van der Waals surface area (Å²) in [6.45, 7) is 3.07. The van der Waals surface area contributed by atoms with Gasteiger partial charge in [-0.2, -0.15) is 5.10 Å². The first-order valence-electron chi connectivity index (χ1n) is 10.7. The van der Waals surface area contributed by atoms with E-state index in [-0.39, 0.29) is 17.9 Å². The molecule has 1 aliphatic carbocycles. The first-order chi connectivity index (χ1) is 15.1. The van der Waals surface area contributed by atoms with Crippen LogP contribution in [-0.4, -0.2) is 37.8 Å². The number of aromatic nitrogens is 3. The Hall–Kier alpha value is -3.42. The van der Waals surface area contributed by atoms with Gasteiger partial charge in [-0.3, -0.25) is 9.59 Å². The number of hydrogen-bond acceptors (Lipinski definition) is 5. The number of fused-ring (bicyclic) bond motifs is 1. The molecule has 31 heavy (non-hydrogen) atoms. The summed E-state index contributed by atoms with van der Waals surface area (Å²) in [5, 5.41) is 21.0. The zero-order valence-electron chi connectivity index (χ0n) is 17.5. The molecule has 2 aromatic heterocycles. The Morgan fingerprint density at radius 1 is 1.19 bits per heavy atom. The third kappa shape index (κ3) is 4.52. The summed E-state index contributed by atoms with van der Waals surface area (Å²) in [5.74, 6) is -1.35. The molecule has 1 fully saturated rings. The van der Waals surface area contributed by atoms with E-state index >= 15 is 0 Å². The van der Waals surface area contributed by atoms with E-state index in [1.165, 1.54) is 0 Å². The molecule has 0 aliphatic heterocycles. The SMILES string of the molecule is CCn1ncc2c(NC3CCCC(C(=O)O)C3)c(C(=O)NCc3ccccc3)cnc21. The Morgan fingerprint density at radius 3 is 2.74 bits per heavy atom. The van der Waals surface area contributed by atoms with Crippen molar-refractivity contribution in [3.05, 3.63) is 53.9 Å². The van der Waals surface area contributed by atoms with E-state index < -0.39 is 5.97 Å². The molecule has 2 atom stereocenters. The summed E-state index contributed by atoms with van der Waals surface area (Å²) in [4.78, 5) is 29.0. The number of carbonyl (C=O) groups is 2. The molecule has 0 saturated heterocycles. The van der Waals surface area contributed by atoms with Gasteiger partial charge >= 0.3 is 5.97 Å². The van der Waals surface area contributed by atoms with Crippen LogP contribution in [0.2, 0.25) is 0 Å². The highest BCUT2D eigenvalue weighted by Crippen LogP contribution is 2.31. The standard InChI is InChI=1S/C23H27N5O3/c1-2-28-21-18(14-26-28)20(27-17-10-6-9-16(11-17)23(30)31)19(13-24-21)22(29)25-12-15-7-4-3-5-8-15/h3-5,7-8,13-14,16-17H,2,6,9-12H2,1H3,(H,24,27)(H,25,29)(H,30,31). The van der Waals surface area contributed by atoms with E-state index in [9.17, 15) is 14.7 Å². The maximum atomic E-state index is 13.1. The van der Waals surface area contributed by atoms with E-state index in [0.717, 1.165) is 23.8 Å². The maximum absolute atomic E-state index is 13.1. The fourth-order valence-corrected chi connectivity index (χ4v) is 4.21. The van der Waals surface area contributed by atoms with Crippen LogP contribution >= 0.6 is 0 Å². The average molecular weight is 422 g/mol. The van der Waals surface area contributed by atoms with Crippen LogP contribution in [0.15, 0.2) is 42.7 Å². The van der Waals surface area contributed by atoms with Crippen molar-refractivity contribution in [3.8, 4) is 0 Å². The summed E-state index contributed by atoms with van der Waals surface area (Å²) >= 11 is 0. The topological polar surface area (TPSA) is 109 Å². The van der Waals surface area contributed by atoms with Crippen molar-refractivity contribution in [2.75, 3.05) is 5.32 Å². The van der Waals surface area contributed by atoms with E-state index in [2.05, 4.69) is 20.7 Å². The van der Waals surface area contributed by atoms with Gasteiger partial charge < -0.3 is 15.7 Å². The molecule has 162 valence electrons. The number of amides is 1. The summed E-state index contributed by atoms with van der Waals surface area (Å²) < 4.78 is 1.78. The minimum absolute atomic E-state index is 0.0221. The van der Waals surface area contributed by atoms with Gasteiger partial charge in [-0.25, -0.2) is 9.67 Å². The second-order valence-corrected chi connectivity index (χ2v) is 7.96. The Bertz CT molecular complexity index is 1080. The van der Waals surface area contributed by atoms with Crippen molar-refractivity contribution in [3.63, 3.8) is 0 Å². The highest BCUT2D eigenvalue weighted by atomic mass is 16.4. The molecule has 8 nitrogen and oxygen atoms in total. The highest BCUT2D eigenvalue weighted by molar-refractivity contribution is 6.06. The van der Waals surface area contributed by atoms with Crippen LogP contribution in [0.4, 0.5) is 5.69 Å². The van der Waals surface area contributed by atoms with Crippen LogP contribution in [-0.2, 0) is 17.9 Å². The molecular formula is C23H27N5O3. The number of carbonyl (C=O) groups excluding carboxylic acids is 1. The van der Waals surface area contributed by atoms with Gasteiger partial charge in [0.25, 0.3) is 5.91 Å². The predicted octanol–water partition coefficient (Wildman–Crippen LogP) is 3.44. The van der Waals surface area contributed by atoms with E-state index in [4.69, 9.17) is 0 Å². The van der Waals surface area contributed by atoms with E-state index in [1.54, 1.807) is 17.1 Å². The third-order valence-electron chi connectivity index (χ3n) is 5.88. The van der Waals surface area contributed by atoms with Crippen LogP contribution in [0.1, 0.15) is 48.5 Å². The molecule has 4 rings (SSSR count). The molecular weight excluding hydrogens is 394 g/mol. The number of nitrogens with one attached hydrogen (secondary N) is 2. The molecule has 0 spiro atoms.